The number of rotatable bonds is 3. The number of carbonyl (C=O) groups is 1. The van der Waals surface area contributed by atoms with E-state index in [2.05, 4.69) is 20.7 Å². The fourth-order valence-corrected chi connectivity index (χ4v) is 3.32. The highest BCUT2D eigenvalue weighted by atomic mass is 35.5. The zero-order valence-electron chi connectivity index (χ0n) is 14.3. The molecular weight excluding hydrogens is 373 g/mol. The van der Waals surface area contributed by atoms with Gasteiger partial charge in [-0.25, -0.2) is 0 Å². The molecule has 0 unspecified atom stereocenters. The molecule has 6 nitrogen and oxygen atoms in total. The standard InChI is InChI=1S/C18H19N5O.2ClH/c1-23-11-13(8-21-23)15-9-19-10-16(15)18(24)22-14-4-5-17-12(7-14)3-2-6-20-17;;/h2-8,11,15-16,19H,9-10H2,1H3,(H,22,24);2*1H/t15-,16+;;/m1../s1. The first-order valence-electron chi connectivity index (χ1n) is 8.05. The van der Waals surface area contributed by atoms with E-state index in [1.807, 2.05) is 49.8 Å². The number of halogens is 2. The number of aromatic nitrogens is 3. The van der Waals surface area contributed by atoms with Crippen molar-refractivity contribution >= 4 is 47.3 Å². The monoisotopic (exact) mass is 393 g/mol. The largest absolute Gasteiger partial charge is 0.326 e. The minimum atomic E-state index is -0.0983. The van der Waals surface area contributed by atoms with Crippen molar-refractivity contribution in [1.82, 2.24) is 20.1 Å². The minimum absolute atomic E-state index is 0. The summed E-state index contributed by atoms with van der Waals surface area (Å²) in [6, 6.07) is 9.67. The molecule has 0 spiro atoms. The van der Waals surface area contributed by atoms with Crippen LogP contribution in [-0.2, 0) is 11.8 Å². The van der Waals surface area contributed by atoms with Crippen LogP contribution >= 0.6 is 24.8 Å². The third-order valence-corrected chi connectivity index (χ3v) is 4.57. The molecule has 1 amide bonds. The minimum Gasteiger partial charge on any atom is -0.326 e. The molecule has 1 fully saturated rings. The first kappa shape index (κ1) is 20.2. The zero-order valence-corrected chi connectivity index (χ0v) is 15.9. The molecule has 1 saturated heterocycles. The maximum Gasteiger partial charge on any atom is 0.229 e. The van der Waals surface area contributed by atoms with Gasteiger partial charge in [-0.3, -0.25) is 14.5 Å². The highest BCUT2D eigenvalue weighted by Gasteiger charge is 2.34. The second-order valence-corrected chi connectivity index (χ2v) is 6.22. The van der Waals surface area contributed by atoms with Crippen molar-refractivity contribution in [3.8, 4) is 0 Å². The van der Waals surface area contributed by atoms with Crippen LogP contribution in [-0.4, -0.2) is 33.8 Å². The van der Waals surface area contributed by atoms with Gasteiger partial charge in [0.25, 0.3) is 0 Å². The van der Waals surface area contributed by atoms with Crippen molar-refractivity contribution in [3.63, 3.8) is 0 Å². The molecule has 4 rings (SSSR count). The van der Waals surface area contributed by atoms with Crippen LogP contribution in [0.25, 0.3) is 10.9 Å². The second kappa shape index (κ2) is 8.49. The third kappa shape index (κ3) is 3.98. The molecule has 1 aliphatic heterocycles. The first-order chi connectivity index (χ1) is 11.7. The van der Waals surface area contributed by atoms with Crippen LogP contribution < -0.4 is 10.6 Å². The van der Waals surface area contributed by atoms with Crippen molar-refractivity contribution < 1.29 is 4.79 Å². The van der Waals surface area contributed by atoms with E-state index in [9.17, 15) is 4.79 Å². The molecule has 8 heteroatoms. The molecule has 2 atom stereocenters. The topological polar surface area (TPSA) is 71.8 Å². The van der Waals surface area contributed by atoms with Gasteiger partial charge in [-0.15, -0.1) is 24.8 Å². The number of benzene rings is 1. The number of aryl methyl sites for hydroxylation is 1. The Hall–Kier alpha value is -2.15. The van der Waals surface area contributed by atoms with Crippen molar-refractivity contribution in [1.29, 1.82) is 0 Å². The van der Waals surface area contributed by atoms with Gasteiger partial charge in [0.1, 0.15) is 0 Å². The number of carbonyl (C=O) groups excluding carboxylic acids is 1. The zero-order chi connectivity index (χ0) is 16.5. The molecule has 2 N–H and O–H groups in total. The van der Waals surface area contributed by atoms with Crippen molar-refractivity contribution in [2.75, 3.05) is 18.4 Å². The summed E-state index contributed by atoms with van der Waals surface area (Å²) in [5.41, 5.74) is 2.83. The van der Waals surface area contributed by atoms with Crippen LogP contribution in [0.4, 0.5) is 5.69 Å². The second-order valence-electron chi connectivity index (χ2n) is 6.22. The SMILES string of the molecule is Cl.Cl.Cn1cc([C@H]2CNC[C@@H]2C(=O)Nc2ccc3ncccc3c2)cn1. The van der Waals surface area contributed by atoms with E-state index in [0.29, 0.717) is 6.54 Å². The smallest absolute Gasteiger partial charge is 0.229 e. The summed E-state index contributed by atoms with van der Waals surface area (Å²) < 4.78 is 1.78. The van der Waals surface area contributed by atoms with Gasteiger partial charge in [-0.2, -0.15) is 5.10 Å². The highest BCUT2D eigenvalue weighted by molar-refractivity contribution is 5.95. The molecule has 138 valence electrons. The summed E-state index contributed by atoms with van der Waals surface area (Å²) in [7, 11) is 1.89. The van der Waals surface area contributed by atoms with Crippen LogP contribution in [0.3, 0.4) is 0 Å². The van der Waals surface area contributed by atoms with Gasteiger partial charge in [0, 0.05) is 49.5 Å². The van der Waals surface area contributed by atoms with Crippen molar-refractivity contribution in [3.05, 3.63) is 54.5 Å². The lowest BCUT2D eigenvalue weighted by molar-refractivity contribution is -0.119. The van der Waals surface area contributed by atoms with Crippen LogP contribution in [0.1, 0.15) is 11.5 Å². The predicted octanol–water partition coefficient (Wildman–Crippen LogP) is 2.75. The Balaban J connectivity index is 0.00000121. The molecule has 26 heavy (non-hydrogen) atoms. The maximum atomic E-state index is 12.7. The molecule has 0 bridgehead atoms. The number of hydrogen-bond acceptors (Lipinski definition) is 4. The fourth-order valence-electron chi connectivity index (χ4n) is 3.32. The molecule has 3 heterocycles. The van der Waals surface area contributed by atoms with E-state index in [0.717, 1.165) is 28.7 Å². The molecular formula is C18H21Cl2N5O. The van der Waals surface area contributed by atoms with Gasteiger partial charge in [0.05, 0.1) is 17.6 Å². The van der Waals surface area contributed by atoms with Crippen molar-refractivity contribution in [2.45, 2.75) is 5.92 Å². The average molecular weight is 394 g/mol. The maximum absolute atomic E-state index is 12.7. The fraction of sp³-hybridized carbons (Fsp3) is 0.278. The molecule has 2 aromatic heterocycles. The van der Waals surface area contributed by atoms with Crippen LogP contribution in [0.5, 0.6) is 0 Å². The number of anilines is 1. The number of nitrogens with one attached hydrogen (secondary N) is 2. The van der Waals surface area contributed by atoms with Gasteiger partial charge >= 0.3 is 0 Å². The molecule has 0 saturated carbocycles. The van der Waals surface area contributed by atoms with Crippen LogP contribution in [0.2, 0.25) is 0 Å². The van der Waals surface area contributed by atoms with E-state index >= 15 is 0 Å². The summed E-state index contributed by atoms with van der Waals surface area (Å²) >= 11 is 0. The Labute approximate surface area is 164 Å². The Bertz CT molecular complexity index is 898. The quantitative estimate of drug-likeness (QED) is 0.717. The highest BCUT2D eigenvalue weighted by Crippen LogP contribution is 2.29. The number of nitrogens with zero attached hydrogens (tertiary/aromatic N) is 3. The number of pyridine rings is 1. The Morgan fingerprint density at radius 1 is 1.27 bits per heavy atom. The van der Waals surface area contributed by atoms with Gasteiger partial charge in [-0.05, 0) is 29.8 Å². The summed E-state index contributed by atoms with van der Waals surface area (Å²) in [6.07, 6.45) is 5.60. The van der Waals surface area contributed by atoms with E-state index in [4.69, 9.17) is 0 Å². The summed E-state index contributed by atoms with van der Waals surface area (Å²) in [6.45, 7) is 1.48. The van der Waals surface area contributed by atoms with Crippen LogP contribution in [0.15, 0.2) is 48.9 Å². The lowest BCUT2D eigenvalue weighted by Crippen LogP contribution is -2.28. The number of fused-ring (bicyclic) bond motifs is 1. The molecule has 3 aromatic rings. The molecule has 0 aliphatic carbocycles. The van der Waals surface area contributed by atoms with Crippen LogP contribution in [0, 0.1) is 5.92 Å². The van der Waals surface area contributed by atoms with E-state index in [1.54, 1.807) is 10.9 Å². The Kier molecular flexibility index (Phi) is 6.58. The molecule has 0 radical (unpaired) electrons. The third-order valence-electron chi connectivity index (χ3n) is 4.57. The van der Waals surface area contributed by atoms with Gasteiger partial charge < -0.3 is 10.6 Å². The Morgan fingerprint density at radius 3 is 2.88 bits per heavy atom. The number of amides is 1. The predicted molar refractivity (Wildman–Crippen MR) is 107 cm³/mol. The van der Waals surface area contributed by atoms with Crippen molar-refractivity contribution in [2.24, 2.45) is 13.0 Å². The Morgan fingerprint density at radius 2 is 2.12 bits per heavy atom. The average Bonchev–Trinajstić information content (AvgIpc) is 3.23. The van der Waals surface area contributed by atoms with E-state index in [1.165, 1.54) is 0 Å². The lowest BCUT2D eigenvalue weighted by atomic mass is 9.90. The van der Waals surface area contributed by atoms with Gasteiger partial charge in [-0.1, -0.05) is 6.07 Å². The summed E-state index contributed by atoms with van der Waals surface area (Å²) in [5.74, 6) is 0.0942. The lowest BCUT2D eigenvalue weighted by Gasteiger charge is -2.17. The summed E-state index contributed by atoms with van der Waals surface area (Å²) in [5, 5.41) is 11.6. The van der Waals surface area contributed by atoms with Gasteiger partial charge in [0.15, 0.2) is 0 Å². The summed E-state index contributed by atoms with van der Waals surface area (Å²) in [4.78, 5) is 17.0. The molecule has 1 aliphatic rings. The van der Waals surface area contributed by atoms with E-state index < -0.39 is 0 Å². The van der Waals surface area contributed by atoms with E-state index in [-0.39, 0.29) is 42.6 Å². The first-order valence-corrected chi connectivity index (χ1v) is 8.05. The van der Waals surface area contributed by atoms with Gasteiger partial charge in [0.2, 0.25) is 5.91 Å². The normalized spacial score (nSPS) is 18.8. The molecule has 1 aromatic carbocycles. The number of hydrogen-bond donors (Lipinski definition) is 2.